The molecular formula is C21H31N5O4. The van der Waals surface area contributed by atoms with Gasteiger partial charge in [0.1, 0.15) is 6.04 Å². The molecule has 0 spiro atoms. The molecule has 1 heterocycles. The Balaban J connectivity index is 1.97. The quantitative estimate of drug-likeness (QED) is 0.264. The molecule has 1 saturated heterocycles. The number of carbonyl (C=O) groups excluding carboxylic acids is 2. The highest BCUT2D eigenvalue weighted by molar-refractivity contribution is 5.88. The predicted molar refractivity (Wildman–Crippen MR) is 113 cm³/mol. The number of likely N-dealkylation sites (tertiary alicyclic amines) is 1. The Kier molecular flexibility index (Phi) is 8.64. The van der Waals surface area contributed by atoms with Crippen molar-refractivity contribution in [3.05, 3.63) is 35.9 Å². The van der Waals surface area contributed by atoms with Gasteiger partial charge in [0.15, 0.2) is 5.96 Å². The minimum atomic E-state index is -1.00. The van der Waals surface area contributed by atoms with Crippen molar-refractivity contribution < 1.29 is 19.5 Å². The van der Waals surface area contributed by atoms with E-state index in [4.69, 9.17) is 16.2 Å². The predicted octanol–water partition coefficient (Wildman–Crippen LogP) is 0.689. The Bertz CT molecular complexity index is 755. The number of aliphatic carboxylic acids is 1. The van der Waals surface area contributed by atoms with Crippen LogP contribution < -0.4 is 16.4 Å². The van der Waals surface area contributed by atoms with Crippen molar-refractivity contribution in [2.24, 2.45) is 11.7 Å². The highest BCUT2D eigenvalue weighted by Gasteiger charge is 2.40. The molecule has 1 unspecified atom stereocenters. The molecule has 1 aromatic carbocycles. The Morgan fingerprint density at radius 1 is 1.33 bits per heavy atom. The van der Waals surface area contributed by atoms with Gasteiger partial charge in [0.05, 0.1) is 12.3 Å². The van der Waals surface area contributed by atoms with E-state index < -0.39 is 17.9 Å². The highest BCUT2D eigenvalue weighted by atomic mass is 16.4. The lowest BCUT2D eigenvalue weighted by Gasteiger charge is -2.26. The second-order valence-corrected chi connectivity index (χ2v) is 7.57. The molecule has 9 nitrogen and oxygen atoms in total. The number of nitrogens with one attached hydrogen (secondary N) is 3. The van der Waals surface area contributed by atoms with Gasteiger partial charge in [0.25, 0.3) is 0 Å². The number of nitrogens with two attached hydrogens (primary N) is 1. The second kappa shape index (κ2) is 11.2. The average molecular weight is 418 g/mol. The number of aryl methyl sites for hydroxylation is 1. The summed E-state index contributed by atoms with van der Waals surface area (Å²) in [5.74, 6) is -2.32. The lowest BCUT2D eigenvalue weighted by atomic mass is 10.0. The number of guanidine groups is 1. The molecule has 1 fully saturated rings. The Hall–Kier alpha value is -3.10. The average Bonchev–Trinajstić information content (AvgIpc) is 2.99. The minimum absolute atomic E-state index is 0.168. The number of hydrogen-bond donors (Lipinski definition) is 5. The summed E-state index contributed by atoms with van der Waals surface area (Å²) in [6.45, 7) is 2.55. The fraction of sp³-hybridized carbons (Fsp3) is 0.524. The van der Waals surface area contributed by atoms with E-state index in [1.807, 2.05) is 30.3 Å². The standard InChI is InChI=1S/C21H31N5O4/c1-2-17(25-21(22)23)19(29)24-13-16-11-15(12-18(27)28)20(30)26(16)10-6-9-14-7-4-3-5-8-14/h3-5,7-8,15-17H,2,6,9-13H2,1H3,(H,24,29)(H,27,28)(H4,22,23,25)/t15-,16-,17?/m0/s1. The van der Waals surface area contributed by atoms with E-state index in [0.29, 0.717) is 19.4 Å². The monoisotopic (exact) mass is 417 g/mol. The summed E-state index contributed by atoms with van der Waals surface area (Å²) in [6, 6.07) is 9.08. The molecule has 0 radical (unpaired) electrons. The molecule has 1 aliphatic heterocycles. The zero-order chi connectivity index (χ0) is 22.1. The summed E-state index contributed by atoms with van der Waals surface area (Å²) in [4.78, 5) is 38.0. The zero-order valence-electron chi connectivity index (χ0n) is 17.3. The van der Waals surface area contributed by atoms with Gasteiger partial charge in [-0.1, -0.05) is 37.3 Å². The number of hydrogen-bond acceptors (Lipinski definition) is 4. The van der Waals surface area contributed by atoms with Crippen molar-refractivity contribution in [1.29, 1.82) is 5.41 Å². The van der Waals surface area contributed by atoms with E-state index in [1.54, 1.807) is 11.8 Å². The van der Waals surface area contributed by atoms with Crippen LogP contribution in [0.4, 0.5) is 0 Å². The molecule has 3 atom stereocenters. The molecule has 0 aliphatic carbocycles. The van der Waals surface area contributed by atoms with Crippen molar-refractivity contribution in [3.63, 3.8) is 0 Å². The zero-order valence-corrected chi connectivity index (χ0v) is 17.3. The van der Waals surface area contributed by atoms with Gasteiger partial charge in [0.2, 0.25) is 11.8 Å². The maximum Gasteiger partial charge on any atom is 0.304 e. The van der Waals surface area contributed by atoms with Crippen molar-refractivity contribution in [3.8, 4) is 0 Å². The fourth-order valence-corrected chi connectivity index (χ4v) is 3.82. The summed E-state index contributed by atoms with van der Waals surface area (Å²) in [5, 5.41) is 21.8. The van der Waals surface area contributed by atoms with E-state index in [1.165, 1.54) is 5.56 Å². The van der Waals surface area contributed by atoms with Crippen LogP contribution >= 0.6 is 0 Å². The number of rotatable bonds is 11. The van der Waals surface area contributed by atoms with Crippen LogP contribution in [-0.4, -0.2) is 58.9 Å². The number of benzene rings is 1. The van der Waals surface area contributed by atoms with E-state index in [2.05, 4.69) is 10.6 Å². The third-order valence-electron chi connectivity index (χ3n) is 5.32. The summed E-state index contributed by atoms with van der Waals surface area (Å²) in [7, 11) is 0. The maximum absolute atomic E-state index is 12.8. The first kappa shape index (κ1) is 23.2. The van der Waals surface area contributed by atoms with Gasteiger partial charge in [-0.25, -0.2) is 0 Å². The third kappa shape index (κ3) is 6.75. The molecule has 0 aromatic heterocycles. The van der Waals surface area contributed by atoms with Gasteiger partial charge in [-0.2, -0.15) is 0 Å². The largest absolute Gasteiger partial charge is 0.481 e. The van der Waals surface area contributed by atoms with Crippen molar-refractivity contribution in [2.75, 3.05) is 13.1 Å². The normalized spacial score (nSPS) is 19.4. The van der Waals surface area contributed by atoms with Crippen molar-refractivity contribution in [1.82, 2.24) is 15.5 Å². The summed E-state index contributed by atoms with van der Waals surface area (Å²) < 4.78 is 0. The van der Waals surface area contributed by atoms with Gasteiger partial charge in [-0.05, 0) is 31.2 Å². The number of carboxylic acid groups (broad SMARTS) is 1. The van der Waals surface area contributed by atoms with E-state index in [0.717, 1.165) is 12.8 Å². The van der Waals surface area contributed by atoms with Crippen LogP contribution in [0.2, 0.25) is 0 Å². The van der Waals surface area contributed by atoms with Crippen LogP contribution in [0.3, 0.4) is 0 Å². The third-order valence-corrected chi connectivity index (χ3v) is 5.32. The van der Waals surface area contributed by atoms with E-state index in [-0.39, 0.29) is 36.8 Å². The Labute approximate surface area is 176 Å². The SMILES string of the molecule is CCC(NC(=N)N)C(=O)NC[C@@H]1C[C@@H](CC(=O)O)C(=O)N1CCCc1ccccc1. The van der Waals surface area contributed by atoms with Crippen molar-refractivity contribution >= 4 is 23.7 Å². The minimum Gasteiger partial charge on any atom is -0.481 e. The van der Waals surface area contributed by atoms with Crippen LogP contribution in [-0.2, 0) is 20.8 Å². The van der Waals surface area contributed by atoms with E-state index in [9.17, 15) is 14.4 Å². The lowest BCUT2D eigenvalue weighted by molar-refractivity contribution is -0.142. The van der Waals surface area contributed by atoms with Crippen LogP contribution in [0.15, 0.2) is 30.3 Å². The first-order chi connectivity index (χ1) is 14.3. The Morgan fingerprint density at radius 2 is 2.03 bits per heavy atom. The van der Waals surface area contributed by atoms with Crippen LogP contribution in [0.5, 0.6) is 0 Å². The highest BCUT2D eigenvalue weighted by Crippen LogP contribution is 2.27. The van der Waals surface area contributed by atoms with Gasteiger partial charge in [-0.3, -0.25) is 19.8 Å². The molecule has 6 N–H and O–H groups in total. The second-order valence-electron chi connectivity index (χ2n) is 7.57. The topological polar surface area (TPSA) is 149 Å². The molecular weight excluding hydrogens is 386 g/mol. The number of carbonyl (C=O) groups is 3. The van der Waals surface area contributed by atoms with Crippen LogP contribution in [0, 0.1) is 11.3 Å². The molecule has 9 heteroatoms. The molecule has 1 aromatic rings. The smallest absolute Gasteiger partial charge is 0.304 e. The van der Waals surface area contributed by atoms with Crippen LogP contribution in [0.1, 0.15) is 38.2 Å². The maximum atomic E-state index is 12.8. The molecule has 2 amide bonds. The van der Waals surface area contributed by atoms with E-state index >= 15 is 0 Å². The molecule has 1 aliphatic rings. The number of nitrogens with zero attached hydrogens (tertiary/aromatic N) is 1. The molecule has 2 rings (SSSR count). The van der Waals surface area contributed by atoms with Crippen molar-refractivity contribution in [2.45, 2.75) is 51.1 Å². The summed E-state index contributed by atoms with van der Waals surface area (Å²) >= 11 is 0. The first-order valence-electron chi connectivity index (χ1n) is 10.3. The van der Waals surface area contributed by atoms with Gasteiger partial charge in [-0.15, -0.1) is 0 Å². The van der Waals surface area contributed by atoms with Gasteiger partial charge < -0.3 is 26.4 Å². The number of carboxylic acids is 1. The van der Waals surface area contributed by atoms with Crippen LogP contribution in [0.25, 0.3) is 0 Å². The van der Waals surface area contributed by atoms with Gasteiger partial charge >= 0.3 is 5.97 Å². The fourth-order valence-electron chi connectivity index (χ4n) is 3.82. The molecule has 164 valence electrons. The lowest BCUT2D eigenvalue weighted by Crippen LogP contribution is -2.51. The molecule has 0 saturated carbocycles. The molecule has 30 heavy (non-hydrogen) atoms. The molecule has 0 bridgehead atoms. The Morgan fingerprint density at radius 3 is 2.63 bits per heavy atom. The summed E-state index contributed by atoms with van der Waals surface area (Å²) in [5.41, 5.74) is 6.49. The first-order valence-corrected chi connectivity index (χ1v) is 10.3. The van der Waals surface area contributed by atoms with Gasteiger partial charge in [0, 0.05) is 19.1 Å². The summed E-state index contributed by atoms with van der Waals surface area (Å²) in [6.07, 6.45) is 2.21. The number of amides is 2.